The molecule has 1 saturated heterocycles. The Morgan fingerprint density at radius 2 is 2.00 bits per heavy atom. The molecule has 0 aliphatic carbocycles. The number of piperidine rings is 1. The van der Waals surface area contributed by atoms with Crippen LogP contribution in [0.1, 0.15) is 58.4 Å². The van der Waals surface area contributed by atoms with E-state index >= 15 is 0 Å². The van der Waals surface area contributed by atoms with E-state index in [1.54, 1.807) is 0 Å². The zero-order valence-corrected chi connectivity index (χ0v) is 17.6. The molecule has 3 unspecified atom stereocenters. The number of hydrogen-bond donors (Lipinski definition) is 2. The third-order valence-corrected chi connectivity index (χ3v) is 7.10. The minimum atomic E-state index is -2.15. The summed E-state index contributed by atoms with van der Waals surface area (Å²) >= 11 is -2.15. The number of benzene rings is 1. The largest absolute Gasteiger partial charge is 0.771 e. The highest BCUT2D eigenvalue weighted by Crippen LogP contribution is 2.35. The van der Waals surface area contributed by atoms with Gasteiger partial charge in [-0.05, 0) is 86.0 Å². The monoisotopic (exact) mass is 390 g/mol. The van der Waals surface area contributed by atoms with Crippen molar-refractivity contribution in [1.82, 2.24) is 9.88 Å². The van der Waals surface area contributed by atoms with Gasteiger partial charge < -0.3 is 19.8 Å². The first kappa shape index (κ1) is 20.4. The van der Waals surface area contributed by atoms with Crippen LogP contribution in [-0.4, -0.2) is 43.2 Å². The van der Waals surface area contributed by atoms with Gasteiger partial charge in [0.2, 0.25) is 0 Å². The van der Waals surface area contributed by atoms with Crippen LogP contribution in [-0.2, 0) is 11.1 Å². The molecule has 27 heavy (non-hydrogen) atoms. The number of nitrogens with zero attached hydrogens (tertiary/aromatic N) is 1. The van der Waals surface area contributed by atoms with Crippen molar-refractivity contribution in [2.45, 2.75) is 64.3 Å². The number of nitrogens with one attached hydrogen (secondary N) is 2. The summed E-state index contributed by atoms with van der Waals surface area (Å²) in [4.78, 5) is 5.99. The molecule has 0 amide bonds. The van der Waals surface area contributed by atoms with Gasteiger partial charge in [0.15, 0.2) is 0 Å². The van der Waals surface area contributed by atoms with Gasteiger partial charge in [0, 0.05) is 28.8 Å². The van der Waals surface area contributed by atoms with E-state index < -0.39 is 16.5 Å². The summed E-state index contributed by atoms with van der Waals surface area (Å²) in [5.74, 6) is 0.568. The second-order valence-corrected chi connectivity index (χ2v) is 9.17. The highest BCUT2D eigenvalue weighted by Gasteiger charge is 2.25. The lowest BCUT2D eigenvalue weighted by Crippen LogP contribution is -2.39. The summed E-state index contributed by atoms with van der Waals surface area (Å²) in [5.41, 5.74) is 3.34. The Labute approximate surface area is 165 Å². The summed E-state index contributed by atoms with van der Waals surface area (Å²) in [7, 11) is 0. The van der Waals surface area contributed by atoms with Crippen LogP contribution in [0, 0.1) is 5.92 Å². The van der Waals surface area contributed by atoms with Gasteiger partial charge in [-0.1, -0.05) is 20.8 Å². The highest BCUT2D eigenvalue weighted by atomic mass is 32.2. The van der Waals surface area contributed by atoms with E-state index in [2.05, 4.69) is 41.3 Å². The van der Waals surface area contributed by atoms with Crippen LogP contribution in [0.4, 0.5) is 5.69 Å². The maximum atomic E-state index is 11.5. The predicted octanol–water partition coefficient (Wildman–Crippen LogP) is 4.42. The van der Waals surface area contributed by atoms with Crippen LogP contribution in [0.25, 0.3) is 10.9 Å². The molecule has 1 aromatic heterocycles. The third kappa shape index (κ3) is 4.55. The van der Waals surface area contributed by atoms with Crippen molar-refractivity contribution >= 4 is 27.7 Å². The van der Waals surface area contributed by atoms with Gasteiger partial charge in [0.05, 0.1) is 5.37 Å². The molecule has 0 saturated carbocycles. The summed E-state index contributed by atoms with van der Waals surface area (Å²) in [6.07, 6.45) is 5.69. The van der Waals surface area contributed by atoms with E-state index in [-0.39, 0.29) is 5.92 Å². The first-order chi connectivity index (χ1) is 12.9. The van der Waals surface area contributed by atoms with Crippen LogP contribution in [0.3, 0.4) is 0 Å². The second kappa shape index (κ2) is 8.76. The molecule has 2 heterocycles. The Kier molecular flexibility index (Phi) is 6.61. The van der Waals surface area contributed by atoms with Gasteiger partial charge in [-0.15, -0.1) is 0 Å². The molecular weight excluding hydrogens is 358 g/mol. The molecule has 6 heteroatoms. The molecular formula is C21H32N3O2S-. The molecule has 0 radical (unpaired) electrons. The zero-order valence-electron chi connectivity index (χ0n) is 16.8. The fraction of sp³-hybridized carbons (Fsp3) is 0.619. The van der Waals surface area contributed by atoms with E-state index in [1.807, 2.05) is 26.0 Å². The van der Waals surface area contributed by atoms with Crippen molar-refractivity contribution in [2.24, 2.45) is 5.92 Å². The maximum Gasteiger partial charge on any atom is 0.0911 e. The van der Waals surface area contributed by atoms with Crippen LogP contribution >= 0.6 is 0 Å². The highest BCUT2D eigenvalue weighted by molar-refractivity contribution is 7.79. The zero-order chi connectivity index (χ0) is 19.6. The number of aromatic nitrogens is 1. The Balaban J connectivity index is 1.79. The van der Waals surface area contributed by atoms with Crippen molar-refractivity contribution in [3.8, 4) is 0 Å². The molecule has 3 rings (SSSR count). The summed E-state index contributed by atoms with van der Waals surface area (Å²) in [5, 5.41) is 3.81. The van der Waals surface area contributed by atoms with E-state index in [1.165, 1.54) is 30.2 Å². The van der Waals surface area contributed by atoms with Crippen molar-refractivity contribution in [3.63, 3.8) is 0 Å². The summed E-state index contributed by atoms with van der Waals surface area (Å²) in [6, 6.07) is 6.76. The van der Waals surface area contributed by atoms with E-state index in [9.17, 15) is 8.76 Å². The number of H-pyrrole nitrogens is 1. The van der Waals surface area contributed by atoms with Gasteiger partial charge in [-0.25, -0.2) is 0 Å². The topological polar surface area (TPSA) is 71.2 Å². The first-order valence-electron chi connectivity index (χ1n) is 10.1. The summed E-state index contributed by atoms with van der Waals surface area (Å²) in [6.45, 7) is 10.7. The standard InChI is InChI=1S/C21H33N3O2S/c1-5-15(4)24-10-8-16(9-11-24)19-13-22-20-7-6-17(12-18(19)20)23-21(14(2)3)27(25)26/h6-7,12-16,21-23H,5,8-11H2,1-4H3,(H,25,26)/p-1. The Bertz CT molecular complexity index is 781. The molecule has 150 valence electrons. The summed E-state index contributed by atoms with van der Waals surface area (Å²) < 4.78 is 23.0. The normalized spacial score (nSPS) is 20.1. The fourth-order valence-electron chi connectivity index (χ4n) is 4.08. The number of aromatic amines is 1. The predicted molar refractivity (Wildman–Crippen MR) is 113 cm³/mol. The number of fused-ring (bicyclic) bond motifs is 1. The van der Waals surface area contributed by atoms with Gasteiger partial charge in [-0.3, -0.25) is 4.21 Å². The molecule has 2 aromatic rings. The average Bonchev–Trinajstić information content (AvgIpc) is 3.08. The maximum absolute atomic E-state index is 11.5. The van der Waals surface area contributed by atoms with Gasteiger partial charge >= 0.3 is 0 Å². The molecule has 1 aromatic carbocycles. The quantitative estimate of drug-likeness (QED) is 0.687. The lowest BCUT2D eigenvalue weighted by molar-refractivity contribution is 0.158. The molecule has 5 nitrogen and oxygen atoms in total. The van der Waals surface area contributed by atoms with E-state index in [0.717, 1.165) is 24.3 Å². The van der Waals surface area contributed by atoms with Crippen molar-refractivity contribution in [1.29, 1.82) is 0 Å². The lowest BCUT2D eigenvalue weighted by Gasteiger charge is -2.35. The van der Waals surface area contributed by atoms with Crippen LogP contribution in [0.15, 0.2) is 24.4 Å². The Hall–Kier alpha value is -1.37. The first-order valence-corrected chi connectivity index (χ1v) is 11.2. The van der Waals surface area contributed by atoms with Gasteiger partial charge in [-0.2, -0.15) is 0 Å². The smallest absolute Gasteiger partial charge is 0.0911 e. The molecule has 0 bridgehead atoms. The van der Waals surface area contributed by atoms with Crippen LogP contribution in [0.5, 0.6) is 0 Å². The molecule has 0 spiro atoms. The number of hydrogen-bond acceptors (Lipinski definition) is 4. The van der Waals surface area contributed by atoms with E-state index in [4.69, 9.17) is 0 Å². The Morgan fingerprint density at radius 1 is 1.30 bits per heavy atom. The van der Waals surface area contributed by atoms with Crippen LogP contribution in [0.2, 0.25) is 0 Å². The fourth-order valence-corrected chi connectivity index (χ4v) is 4.76. The second-order valence-electron chi connectivity index (χ2n) is 8.14. The average molecular weight is 391 g/mol. The van der Waals surface area contributed by atoms with E-state index in [0.29, 0.717) is 12.0 Å². The third-order valence-electron chi connectivity index (χ3n) is 6.02. The molecule has 1 fully saturated rings. The molecule has 2 N–H and O–H groups in total. The minimum Gasteiger partial charge on any atom is -0.771 e. The van der Waals surface area contributed by atoms with Gasteiger partial charge in [0.1, 0.15) is 0 Å². The number of rotatable bonds is 7. The number of anilines is 1. The molecule has 1 aliphatic heterocycles. The van der Waals surface area contributed by atoms with Crippen LogP contribution < -0.4 is 5.32 Å². The minimum absolute atomic E-state index is 0.00890. The Morgan fingerprint density at radius 3 is 2.59 bits per heavy atom. The molecule has 1 aliphatic rings. The van der Waals surface area contributed by atoms with Gasteiger partial charge in [0.25, 0.3) is 0 Å². The van der Waals surface area contributed by atoms with Crippen molar-refractivity contribution in [2.75, 3.05) is 18.4 Å². The molecule has 3 atom stereocenters. The SMILES string of the molecule is CCC(C)N1CCC(c2c[nH]c3ccc(NC(C(C)C)S(=O)[O-])cc23)CC1. The van der Waals surface area contributed by atoms with Crippen molar-refractivity contribution in [3.05, 3.63) is 30.0 Å². The number of likely N-dealkylation sites (tertiary alicyclic amines) is 1. The lowest BCUT2D eigenvalue weighted by atomic mass is 9.88. The van der Waals surface area contributed by atoms with Crippen molar-refractivity contribution < 1.29 is 8.76 Å².